The molecular formula is C19H20N2O3S. The van der Waals surface area contributed by atoms with Gasteiger partial charge in [0.2, 0.25) is 17.7 Å². The van der Waals surface area contributed by atoms with E-state index in [0.717, 1.165) is 24.1 Å². The van der Waals surface area contributed by atoms with Gasteiger partial charge < -0.3 is 4.90 Å². The average molecular weight is 356 g/mol. The van der Waals surface area contributed by atoms with Crippen LogP contribution in [-0.4, -0.2) is 40.1 Å². The Balaban J connectivity index is 1.32. The van der Waals surface area contributed by atoms with Crippen LogP contribution in [0.2, 0.25) is 0 Å². The zero-order valence-electron chi connectivity index (χ0n) is 13.8. The molecule has 3 fully saturated rings. The first-order chi connectivity index (χ1) is 12.1. The number of carbonyl (C=O) groups excluding carboxylic acids is 3. The third-order valence-electron chi connectivity index (χ3n) is 6.07. The fraction of sp³-hybridized carbons (Fsp3) is 0.526. The van der Waals surface area contributed by atoms with E-state index in [0.29, 0.717) is 6.54 Å². The van der Waals surface area contributed by atoms with Gasteiger partial charge in [-0.3, -0.25) is 19.3 Å². The Labute approximate surface area is 150 Å². The molecule has 5 rings (SSSR count). The largest absolute Gasteiger partial charge is 0.333 e. The highest BCUT2D eigenvalue weighted by Crippen LogP contribution is 2.52. The molecule has 4 aliphatic rings. The van der Waals surface area contributed by atoms with E-state index < -0.39 is 0 Å². The van der Waals surface area contributed by atoms with E-state index in [1.54, 1.807) is 11.3 Å². The number of hydrogen-bond acceptors (Lipinski definition) is 4. The molecule has 3 aliphatic carbocycles. The van der Waals surface area contributed by atoms with Crippen LogP contribution in [0, 0.1) is 23.7 Å². The van der Waals surface area contributed by atoms with Gasteiger partial charge >= 0.3 is 0 Å². The lowest BCUT2D eigenvalue weighted by molar-refractivity contribution is -0.147. The van der Waals surface area contributed by atoms with Crippen molar-refractivity contribution in [2.24, 2.45) is 23.7 Å². The van der Waals surface area contributed by atoms with Crippen molar-refractivity contribution >= 4 is 29.1 Å². The molecule has 1 aliphatic heterocycles. The van der Waals surface area contributed by atoms with Gasteiger partial charge in [-0.25, -0.2) is 0 Å². The van der Waals surface area contributed by atoms with Crippen molar-refractivity contribution in [2.45, 2.75) is 31.8 Å². The lowest BCUT2D eigenvalue weighted by Crippen LogP contribution is -2.44. The third-order valence-corrected chi connectivity index (χ3v) is 6.93. The molecule has 3 amide bonds. The van der Waals surface area contributed by atoms with E-state index in [1.165, 1.54) is 4.90 Å². The van der Waals surface area contributed by atoms with Gasteiger partial charge in [-0.1, -0.05) is 18.2 Å². The third kappa shape index (κ3) is 2.38. The molecule has 0 radical (unpaired) electrons. The quantitative estimate of drug-likeness (QED) is 0.599. The topological polar surface area (TPSA) is 57.7 Å². The number of fused-ring (bicyclic) bond motifs is 5. The minimum Gasteiger partial charge on any atom is -0.333 e. The zero-order valence-corrected chi connectivity index (χ0v) is 14.7. The second kappa shape index (κ2) is 5.53. The fourth-order valence-corrected chi connectivity index (χ4v) is 5.43. The first-order valence-corrected chi connectivity index (χ1v) is 9.87. The molecule has 4 atom stereocenters. The number of imide groups is 1. The monoisotopic (exact) mass is 356 g/mol. The van der Waals surface area contributed by atoms with Crippen molar-refractivity contribution in [3.8, 4) is 0 Å². The lowest BCUT2D eigenvalue weighted by Gasteiger charge is -2.25. The summed E-state index contributed by atoms with van der Waals surface area (Å²) >= 11 is 1.63. The summed E-state index contributed by atoms with van der Waals surface area (Å²) in [4.78, 5) is 42.6. The number of carbonyl (C=O) groups is 3. The minimum absolute atomic E-state index is 0.0913. The Morgan fingerprint density at radius 3 is 2.40 bits per heavy atom. The Hall–Kier alpha value is -1.95. The maximum Gasteiger partial charge on any atom is 0.243 e. The van der Waals surface area contributed by atoms with E-state index >= 15 is 0 Å². The fourth-order valence-electron chi connectivity index (χ4n) is 4.72. The van der Waals surface area contributed by atoms with Crippen LogP contribution in [-0.2, 0) is 20.9 Å². The molecule has 1 saturated heterocycles. The smallest absolute Gasteiger partial charge is 0.243 e. The summed E-state index contributed by atoms with van der Waals surface area (Å²) in [6.07, 6.45) is 7.10. The Morgan fingerprint density at radius 2 is 1.84 bits per heavy atom. The van der Waals surface area contributed by atoms with Gasteiger partial charge in [-0.2, -0.15) is 0 Å². The maximum atomic E-state index is 12.9. The van der Waals surface area contributed by atoms with Crippen LogP contribution in [0.3, 0.4) is 0 Å². The number of hydrogen-bond donors (Lipinski definition) is 0. The van der Waals surface area contributed by atoms with Crippen LogP contribution in [0.5, 0.6) is 0 Å². The van der Waals surface area contributed by atoms with Gasteiger partial charge in [0.05, 0.1) is 18.4 Å². The first-order valence-electron chi connectivity index (χ1n) is 8.99. The van der Waals surface area contributed by atoms with Gasteiger partial charge in [0.1, 0.15) is 6.54 Å². The normalized spacial score (nSPS) is 32.6. The predicted octanol–water partition coefficient (Wildman–Crippen LogP) is 2.05. The standard InChI is InChI=1S/C19H20N2O3S/c22-15(20(13-5-6-13)9-14-2-1-7-25-14)10-21-18(23)16-11-3-4-12(8-11)17(16)19(21)24/h1-4,7,11-13,16-17H,5-6,8-10H2. The van der Waals surface area contributed by atoms with Crippen molar-refractivity contribution in [2.75, 3.05) is 6.54 Å². The number of allylic oxidation sites excluding steroid dienone is 2. The van der Waals surface area contributed by atoms with Crippen LogP contribution in [0.25, 0.3) is 0 Å². The summed E-state index contributed by atoms with van der Waals surface area (Å²) in [6, 6.07) is 4.26. The number of nitrogens with zero attached hydrogens (tertiary/aromatic N) is 2. The van der Waals surface area contributed by atoms with Crippen molar-refractivity contribution in [3.05, 3.63) is 34.5 Å². The average Bonchev–Trinajstić information content (AvgIpc) is 2.98. The molecule has 25 heavy (non-hydrogen) atoms. The van der Waals surface area contributed by atoms with Crippen LogP contribution >= 0.6 is 11.3 Å². The summed E-state index contributed by atoms with van der Waals surface area (Å²) in [5.74, 6) is -0.421. The maximum absolute atomic E-state index is 12.9. The second-order valence-electron chi connectivity index (χ2n) is 7.59. The molecular weight excluding hydrogens is 336 g/mol. The molecule has 2 heterocycles. The van der Waals surface area contributed by atoms with Crippen molar-refractivity contribution in [1.82, 2.24) is 9.80 Å². The zero-order chi connectivity index (χ0) is 17.1. The van der Waals surface area contributed by atoms with Gasteiger partial charge in [0.15, 0.2) is 0 Å². The van der Waals surface area contributed by atoms with E-state index in [4.69, 9.17) is 0 Å². The SMILES string of the molecule is O=C1C2C3C=CC(C3)C2C(=O)N1CC(=O)N(Cc1cccs1)C1CC1. The number of rotatable bonds is 5. The minimum atomic E-state index is -0.220. The highest BCUT2D eigenvalue weighted by molar-refractivity contribution is 7.09. The Morgan fingerprint density at radius 1 is 1.16 bits per heavy atom. The number of thiophene rings is 1. The highest BCUT2D eigenvalue weighted by atomic mass is 32.1. The molecule has 130 valence electrons. The molecule has 0 aromatic carbocycles. The van der Waals surface area contributed by atoms with Crippen molar-refractivity contribution in [3.63, 3.8) is 0 Å². The van der Waals surface area contributed by atoms with Crippen molar-refractivity contribution in [1.29, 1.82) is 0 Å². The predicted molar refractivity (Wildman–Crippen MR) is 92.3 cm³/mol. The van der Waals surface area contributed by atoms with Gasteiger partial charge in [-0.15, -0.1) is 11.3 Å². The first kappa shape index (κ1) is 15.3. The van der Waals surface area contributed by atoms with Gasteiger partial charge in [0, 0.05) is 10.9 Å². The molecule has 4 unspecified atom stereocenters. The summed E-state index contributed by atoms with van der Waals surface area (Å²) < 4.78 is 0. The van der Waals surface area contributed by atoms with Gasteiger partial charge in [0.25, 0.3) is 0 Å². The van der Waals surface area contributed by atoms with E-state index in [9.17, 15) is 14.4 Å². The summed E-state index contributed by atoms with van der Waals surface area (Å²) in [5, 5.41) is 2.00. The highest BCUT2D eigenvalue weighted by Gasteiger charge is 2.59. The van der Waals surface area contributed by atoms with Crippen LogP contribution in [0.15, 0.2) is 29.7 Å². The molecule has 0 spiro atoms. The second-order valence-corrected chi connectivity index (χ2v) is 8.63. The summed E-state index contributed by atoms with van der Waals surface area (Å²) in [7, 11) is 0. The van der Waals surface area contributed by atoms with E-state index in [2.05, 4.69) is 12.2 Å². The van der Waals surface area contributed by atoms with Crippen molar-refractivity contribution < 1.29 is 14.4 Å². The van der Waals surface area contributed by atoms with E-state index in [1.807, 2.05) is 22.4 Å². The molecule has 0 N–H and O–H groups in total. The molecule has 2 saturated carbocycles. The van der Waals surface area contributed by atoms with E-state index in [-0.39, 0.29) is 54.0 Å². The molecule has 1 aromatic rings. The molecule has 2 bridgehead atoms. The Kier molecular flexibility index (Phi) is 3.39. The molecule has 1 aromatic heterocycles. The molecule has 6 heteroatoms. The van der Waals surface area contributed by atoms with Gasteiger partial charge in [-0.05, 0) is 42.5 Å². The van der Waals surface area contributed by atoms with Crippen LogP contribution in [0.1, 0.15) is 24.1 Å². The number of amides is 3. The molecule has 5 nitrogen and oxygen atoms in total. The van der Waals surface area contributed by atoms with Crippen LogP contribution in [0.4, 0.5) is 0 Å². The lowest BCUT2D eigenvalue weighted by atomic mass is 9.85. The Bertz CT molecular complexity index is 738. The summed E-state index contributed by atoms with van der Waals surface area (Å²) in [5.41, 5.74) is 0. The number of likely N-dealkylation sites (tertiary alicyclic amines) is 1. The van der Waals surface area contributed by atoms with Crippen LogP contribution < -0.4 is 0 Å². The summed E-state index contributed by atoms with van der Waals surface area (Å²) in [6.45, 7) is 0.489.